The highest BCUT2D eigenvalue weighted by Crippen LogP contribution is 2.47. The zero-order valence-electron chi connectivity index (χ0n) is 25.8. The van der Waals surface area contributed by atoms with Crippen molar-refractivity contribution < 1.29 is 19.1 Å². The van der Waals surface area contributed by atoms with E-state index in [0.717, 1.165) is 81.3 Å². The average molecular weight is 567 g/mol. The van der Waals surface area contributed by atoms with E-state index >= 15 is 0 Å². The molecule has 0 aromatic heterocycles. The zero-order valence-corrected chi connectivity index (χ0v) is 25.8. The van der Waals surface area contributed by atoms with Gasteiger partial charge in [-0.05, 0) is 83.7 Å². The fourth-order valence-electron chi connectivity index (χ4n) is 6.18. The number of benzene rings is 1. The second kappa shape index (κ2) is 14.4. The van der Waals surface area contributed by atoms with Crippen molar-refractivity contribution in [3.63, 3.8) is 0 Å². The number of rotatable bonds is 13. The quantitative estimate of drug-likeness (QED) is 0.176. The van der Waals surface area contributed by atoms with Crippen LogP contribution in [0.1, 0.15) is 76.3 Å². The first-order valence-corrected chi connectivity index (χ1v) is 15.4. The van der Waals surface area contributed by atoms with Gasteiger partial charge in [-0.25, -0.2) is 9.59 Å². The summed E-state index contributed by atoms with van der Waals surface area (Å²) in [5, 5.41) is 5.89. The maximum absolute atomic E-state index is 13.1. The van der Waals surface area contributed by atoms with E-state index in [9.17, 15) is 9.59 Å². The third kappa shape index (κ3) is 8.82. The van der Waals surface area contributed by atoms with Gasteiger partial charge in [-0.15, -0.1) is 0 Å². The Bertz CT molecular complexity index is 1130. The Morgan fingerprint density at radius 1 is 1.05 bits per heavy atom. The summed E-state index contributed by atoms with van der Waals surface area (Å²) < 4.78 is 12.1. The second-order valence-corrected chi connectivity index (χ2v) is 12.5. The summed E-state index contributed by atoms with van der Waals surface area (Å²) in [6.45, 7) is 14.8. The first-order chi connectivity index (χ1) is 19.6. The highest BCUT2D eigenvalue weighted by Gasteiger charge is 2.33. The number of unbranched alkanes of at least 4 members (excludes halogenated alkanes) is 2. The van der Waals surface area contributed by atoms with Crippen LogP contribution in [-0.4, -0.2) is 74.8 Å². The Balaban J connectivity index is 1.64. The van der Waals surface area contributed by atoms with Crippen molar-refractivity contribution in [1.29, 1.82) is 0 Å². The van der Waals surface area contributed by atoms with Gasteiger partial charge in [-0.1, -0.05) is 43.6 Å². The van der Waals surface area contributed by atoms with Crippen LogP contribution < -0.4 is 20.1 Å². The number of nitrogens with one attached hydrogen (secondary N) is 2. The first-order valence-electron chi connectivity index (χ1n) is 15.4. The lowest BCUT2D eigenvalue weighted by atomic mass is 9.73. The molecule has 41 heavy (non-hydrogen) atoms. The lowest BCUT2D eigenvalue weighted by molar-refractivity contribution is 0.129. The predicted molar refractivity (Wildman–Crippen MR) is 164 cm³/mol. The van der Waals surface area contributed by atoms with Crippen molar-refractivity contribution in [1.82, 2.24) is 20.4 Å². The number of nitrogens with zero attached hydrogens (tertiary/aromatic N) is 2. The zero-order chi connectivity index (χ0) is 29.5. The summed E-state index contributed by atoms with van der Waals surface area (Å²) in [6.07, 6.45) is 8.14. The molecule has 4 rings (SSSR count). The molecule has 0 bridgehead atoms. The molecule has 4 atom stereocenters. The van der Waals surface area contributed by atoms with Crippen molar-refractivity contribution >= 4 is 12.2 Å². The number of likely N-dealkylation sites (N-methyl/N-ethyl adjacent to an activating group) is 1. The van der Waals surface area contributed by atoms with E-state index in [1.807, 2.05) is 12.1 Å². The number of carbonyl (C=O) groups is 2. The minimum absolute atomic E-state index is 0.114. The van der Waals surface area contributed by atoms with Crippen LogP contribution in [0, 0.1) is 11.8 Å². The lowest BCUT2D eigenvalue weighted by Gasteiger charge is -2.36. The van der Waals surface area contributed by atoms with E-state index in [-0.39, 0.29) is 11.8 Å². The molecule has 1 aromatic rings. The summed E-state index contributed by atoms with van der Waals surface area (Å²) in [5.74, 6) is 1.40. The Morgan fingerprint density at radius 2 is 1.71 bits per heavy atom. The second-order valence-electron chi connectivity index (χ2n) is 12.5. The molecule has 1 aromatic carbocycles. The van der Waals surface area contributed by atoms with E-state index in [1.54, 1.807) is 0 Å². The van der Waals surface area contributed by atoms with E-state index in [0.29, 0.717) is 36.5 Å². The van der Waals surface area contributed by atoms with Crippen molar-refractivity contribution in [3.05, 3.63) is 47.1 Å². The van der Waals surface area contributed by atoms with Gasteiger partial charge in [0.15, 0.2) is 0 Å². The molecular weight excluding hydrogens is 516 g/mol. The van der Waals surface area contributed by atoms with E-state index in [4.69, 9.17) is 9.47 Å². The summed E-state index contributed by atoms with van der Waals surface area (Å²) >= 11 is 0. The third-order valence-electron chi connectivity index (χ3n) is 8.76. The Labute approximate surface area is 246 Å². The van der Waals surface area contributed by atoms with Gasteiger partial charge in [0.05, 0.1) is 0 Å². The normalized spacial score (nSPS) is 24.2. The maximum Gasteiger partial charge on any atom is 0.412 e. The molecule has 2 N–H and O–H groups in total. The smallest absolute Gasteiger partial charge is 0.410 e. The van der Waals surface area contributed by atoms with Crippen LogP contribution in [0.4, 0.5) is 9.59 Å². The monoisotopic (exact) mass is 566 g/mol. The molecule has 0 saturated carbocycles. The van der Waals surface area contributed by atoms with Gasteiger partial charge in [0, 0.05) is 56.2 Å². The topological polar surface area (TPSA) is 82.9 Å². The predicted octanol–water partition coefficient (Wildman–Crippen LogP) is 5.88. The molecule has 0 radical (unpaired) electrons. The molecule has 2 heterocycles. The molecule has 3 aliphatic rings. The number of likely N-dealkylation sites (tertiary alicyclic amines) is 1. The van der Waals surface area contributed by atoms with Gasteiger partial charge in [0.25, 0.3) is 0 Å². The average Bonchev–Trinajstić information content (AvgIpc) is 3.60. The molecule has 2 saturated heterocycles. The summed E-state index contributed by atoms with van der Waals surface area (Å²) in [7, 11) is 4.16. The maximum atomic E-state index is 13.1. The van der Waals surface area contributed by atoms with Gasteiger partial charge in [-0.3, -0.25) is 0 Å². The summed E-state index contributed by atoms with van der Waals surface area (Å²) in [5.41, 5.74) is 4.08. The van der Waals surface area contributed by atoms with Gasteiger partial charge in [0.1, 0.15) is 11.5 Å². The largest absolute Gasteiger partial charge is 0.412 e. The van der Waals surface area contributed by atoms with Crippen molar-refractivity contribution in [2.45, 2.75) is 77.7 Å². The van der Waals surface area contributed by atoms with E-state index < -0.39 is 12.2 Å². The molecule has 8 nitrogen and oxygen atoms in total. The molecule has 1 aliphatic carbocycles. The van der Waals surface area contributed by atoms with Crippen molar-refractivity contribution in [2.75, 3.05) is 46.8 Å². The number of amides is 2. The van der Waals surface area contributed by atoms with Crippen LogP contribution in [0.2, 0.25) is 0 Å². The molecule has 0 spiro atoms. The molecule has 2 amide bonds. The van der Waals surface area contributed by atoms with Crippen LogP contribution in [0.15, 0.2) is 35.9 Å². The van der Waals surface area contributed by atoms with Gasteiger partial charge in [-0.2, -0.15) is 0 Å². The van der Waals surface area contributed by atoms with Crippen LogP contribution >= 0.6 is 0 Å². The summed E-state index contributed by atoms with van der Waals surface area (Å²) in [6, 6.07) is 4.47. The van der Waals surface area contributed by atoms with Crippen LogP contribution in [-0.2, 0) is 6.42 Å². The molecule has 2 aliphatic heterocycles. The number of carbonyl (C=O) groups excluding carboxylic acids is 2. The minimum Gasteiger partial charge on any atom is -0.410 e. The number of allylic oxidation sites excluding steroid dienone is 3. The van der Waals surface area contributed by atoms with E-state index in [1.165, 1.54) is 5.57 Å². The standard InChI is InChI=1S/C33H50N4O4/c1-7-8-9-10-24-16-29(40-32(38)34-14-13-26-21-37(26)6)31(28-15-23(4)11-12-27(28)22(2)3)30(17-24)41-33(39)35-18-25-19-36(5)20-25/h15-17,25-28H,2,7-14,18-21H2,1,3-6H3,(H,34,38)(H,35,39)/t26?,27-,28+,37?/m0/s1. The lowest BCUT2D eigenvalue weighted by Crippen LogP contribution is -2.49. The number of hydrogen-bond acceptors (Lipinski definition) is 6. The molecule has 226 valence electrons. The van der Waals surface area contributed by atoms with Crippen LogP contribution in [0.3, 0.4) is 0 Å². The molecular formula is C33H50N4O4. The van der Waals surface area contributed by atoms with Gasteiger partial charge < -0.3 is 29.9 Å². The Hall–Kier alpha value is -2.84. The van der Waals surface area contributed by atoms with Crippen molar-refractivity contribution in [2.24, 2.45) is 11.8 Å². The number of aryl methyl sites for hydroxylation is 1. The van der Waals surface area contributed by atoms with Crippen LogP contribution in [0.25, 0.3) is 0 Å². The Morgan fingerprint density at radius 3 is 2.29 bits per heavy atom. The van der Waals surface area contributed by atoms with Crippen molar-refractivity contribution in [3.8, 4) is 11.5 Å². The van der Waals surface area contributed by atoms with E-state index in [2.05, 4.69) is 68.0 Å². The molecule has 2 fully saturated rings. The first kappa shape index (κ1) is 31.1. The Kier molecular flexibility index (Phi) is 10.9. The molecule has 2 unspecified atom stereocenters. The van der Waals surface area contributed by atoms with Gasteiger partial charge >= 0.3 is 12.2 Å². The number of hydrogen-bond donors (Lipinski definition) is 2. The fraction of sp³-hybridized carbons (Fsp3) is 0.636. The highest BCUT2D eigenvalue weighted by molar-refractivity contribution is 5.74. The molecule has 8 heteroatoms. The van der Waals surface area contributed by atoms with Gasteiger partial charge in [0.2, 0.25) is 0 Å². The minimum atomic E-state index is -0.479. The fourth-order valence-corrected chi connectivity index (χ4v) is 6.18. The SMILES string of the molecule is C=C(C)[C@@H]1CCC(C)=C[C@H]1c1c(OC(=O)NCCC2CN2C)cc(CCCCC)cc1OC(=O)NCC1CN(C)C1. The summed E-state index contributed by atoms with van der Waals surface area (Å²) in [4.78, 5) is 30.6. The number of ether oxygens (including phenoxy) is 2. The highest BCUT2D eigenvalue weighted by atomic mass is 16.6. The third-order valence-corrected chi connectivity index (χ3v) is 8.76. The van der Waals surface area contributed by atoms with Crippen LogP contribution in [0.5, 0.6) is 11.5 Å².